The zero-order valence-corrected chi connectivity index (χ0v) is 10.2. The molecule has 0 atom stereocenters. The van der Waals surface area contributed by atoms with Crippen molar-refractivity contribution in [1.82, 2.24) is 9.88 Å². The maximum atomic E-state index is 12.0. The Labute approximate surface area is 105 Å². The first kappa shape index (κ1) is 12.5. The van der Waals surface area contributed by atoms with Crippen molar-refractivity contribution in [3.63, 3.8) is 0 Å². The molecule has 2 N–H and O–H groups in total. The fraction of sp³-hybridized carbons (Fsp3) is 0.417. The molecular weight excluding hydrogens is 234 g/mol. The second-order valence-electron chi connectivity index (χ2n) is 3.94. The highest BCUT2D eigenvalue weighted by Gasteiger charge is 2.29. The molecule has 0 bridgehead atoms. The number of nitrogens with zero attached hydrogens (tertiary/aromatic N) is 2. The second kappa shape index (κ2) is 5.14. The van der Waals surface area contributed by atoms with Gasteiger partial charge < -0.3 is 15.4 Å². The topological polar surface area (TPSA) is 85.5 Å². The van der Waals surface area contributed by atoms with Crippen molar-refractivity contribution >= 4 is 11.9 Å². The molecule has 2 rings (SSSR count). The van der Waals surface area contributed by atoms with Gasteiger partial charge in [-0.15, -0.1) is 0 Å². The van der Waals surface area contributed by atoms with Crippen LogP contribution in [0, 0.1) is 0 Å². The third-order valence-corrected chi connectivity index (χ3v) is 2.71. The summed E-state index contributed by atoms with van der Waals surface area (Å²) in [5.74, 6) is -0.688. The van der Waals surface area contributed by atoms with Crippen LogP contribution in [-0.2, 0) is 11.3 Å². The molecule has 1 aromatic heterocycles. The predicted molar refractivity (Wildman–Crippen MR) is 64.0 cm³/mol. The van der Waals surface area contributed by atoms with Crippen molar-refractivity contribution in [2.45, 2.75) is 13.5 Å². The number of hydrogen-bond acceptors (Lipinski definition) is 5. The van der Waals surface area contributed by atoms with Crippen LogP contribution in [0.15, 0.2) is 12.1 Å². The van der Waals surface area contributed by atoms with E-state index < -0.39 is 5.97 Å². The first-order valence-corrected chi connectivity index (χ1v) is 5.83. The number of rotatable bonds is 4. The first-order valence-electron chi connectivity index (χ1n) is 5.83. The lowest BCUT2D eigenvalue weighted by molar-refractivity contribution is 0.0519. The van der Waals surface area contributed by atoms with E-state index in [-0.39, 0.29) is 18.2 Å². The minimum absolute atomic E-state index is 0.165. The summed E-state index contributed by atoms with van der Waals surface area (Å²) in [6.45, 7) is 3.40. The summed E-state index contributed by atoms with van der Waals surface area (Å²) in [7, 11) is 0. The number of hydrogen-bond donors (Lipinski definition) is 1. The van der Waals surface area contributed by atoms with Gasteiger partial charge in [0.05, 0.1) is 6.61 Å². The molecule has 6 heteroatoms. The van der Waals surface area contributed by atoms with E-state index in [9.17, 15) is 9.59 Å². The number of ether oxygens (including phenoxy) is 1. The normalized spacial score (nSPS) is 13.7. The quantitative estimate of drug-likeness (QED) is 0.769. The van der Waals surface area contributed by atoms with Crippen LogP contribution in [-0.4, -0.2) is 41.5 Å². The van der Waals surface area contributed by atoms with Crippen molar-refractivity contribution in [1.29, 1.82) is 0 Å². The molecule has 0 fully saturated rings. The first-order chi connectivity index (χ1) is 8.67. The summed E-state index contributed by atoms with van der Waals surface area (Å²) < 4.78 is 4.85. The molecule has 0 aromatic carbocycles. The van der Waals surface area contributed by atoms with Crippen molar-refractivity contribution in [2.75, 3.05) is 19.7 Å². The van der Waals surface area contributed by atoms with Crippen LogP contribution in [0.5, 0.6) is 0 Å². The van der Waals surface area contributed by atoms with Gasteiger partial charge in [-0.1, -0.05) is 6.07 Å². The van der Waals surface area contributed by atoms with Crippen LogP contribution in [0.25, 0.3) is 0 Å². The number of carbonyl (C=O) groups excluding carboxylic acids is 2. The molecule has 0 aliphatic carbocycles. The van der Waals surface area contributed by atoms with Crippen molar-refractivity contribution in [3.8, 4) is 0 Å². The number of fused-ring (bicyclic) bond motifs is 1. The zero-order valence-electron chi connectivity index (χ0n) is 10.2. The highest BCUT2D eigenvalue weighted by molar-refractivity contribution is 5.98. The Bertz CT molecular complexity index is 487. The minimum atomic E-state index is -0.509. The smallest absolute Gasteiger partial charge is 0.356 e. The van der Waals surface area contributed by atoms with Crippen LogP contribution < -0.4 is 5.73 Å². The van der Waals surface area contributed by atoms with Crippen LogP contribution in [0.1, 0.15) is 33.5 Å². The Morgan fingerprint density at radius 1 is 1.56 bits per heavy atom. The predicted octanol–water partition coefficient (Wildman–Crippen LogP) is 0.173. The van der Waals surface area contributed by atoms with Gasteiger partial charge in [-0.3, -0.25) is 4.79 Å². The van der Waals surface area contributed by atoms with E-state index in [1.165, 1.54) is 0 Å². The van der Waals surface area contributed by atoms with Crippen LogP contribution in [0.2, 0.25) is 0 Å². The van der Waals surface area contributed by atoms with Crippen LogP contribution >= 0.6 is 0 Å². The fourth-order valence-electron chi connectivity index (χ4n) is 1.88. The fourth-order valence-corrected chi connectivity index (χ4v) is 1.88. The lowest BCUT2D eigenvalue weighted by Crippen LogP contribution is -2.29. The standard InChI is InChI=1S/C12H15N3O3/c1-2-18-12(17)9-4-3-8-7-15(6-5-13)11(16)10(8)14-9/h3-4H,2,5-7,13H2,1H3. The van der Waals surface area contributed by atoms with Crippen molar-refractivity contribution < 1.29 is 14.3 Å². The van der Waals surface area contributed by atoms with Gasteiger partial charge in [0.1, 0.15) is 11.4 Å². The van der Waals surface area contributed by atoms with Crippen molar-refractivity contribution in [2.24, 2.45) is 5.73 Å². The molecule has 18 heavy (non-hydrogen) atoms. The Morgan fingerprint density at radius 2 is 2.33 bits per heavy atom. The van der Waals surface area contributed by atoms with Gasteiger partial charge in [0, 0.05) is 25.2 Å². The Hall–Kier alpha value is -1.95. The molecule has 0 saturated carbocycles. The summed E-state index contributed by atoms with van der Waals surface area (Å²) in [5, 5.41) is 0. The molecule has 2 heterocycles. The average molecular weight is 249 g/mol. The van der Waals surface area contributed by atoms with E-state index in [0.29, 0.717) is 25.3 Å². The minimum Gasteiger partial charge on any atom is -0.461 e. The van der Waals surface area contributed by atoms with Crippen LogP contribution in [0.3, 0.4) is 0 Å². The molecule has 0 radical (unpaired) electrons. The number of amides is 1. The molecular formula is C12H15N3O3. The summed E-state index contributed by atoms with van der Waals surface area (Å²) in [6.07, 6.45) is 0. The van der Waals surface area contributed by atoms with E-state index in [1.54, 1.807) is 24.0 Å². The number of esters is 1. The molecule has 1 amide bonds. The summed E-state index contributed by atoms with van der Waals surface area (Å²) in [6, 6.07) is 3.32. The highest BCUT2D eigenvalue weighted by Crippen LogP contribution is 2.21. The number of nitrogens with two attached hydrogens (primary N) is 1. The summed E-state index contributed by atoms with van der Waals surface area (Å²) >= 11 is 0. The second-order valence-corrected chi connectivity index (χ2v) is 3.94. The van der Waals surface area contributed by atoms with Gasteiger partial charge in [-0.05, 0) is 13.0 Å². The Morgan fingerprint density at radius 3 is 3.00 bits per heavy atom. The van der Waals surface area contributed by atoms with E-state index in [4.69, 9.17) is 10.5 Å². The van der Waals surface area contributed by atoms with E-state index in [2.05, 4.69) is 4.98 Å². The molecule has 1 aliphatic rings. The third-order valence-electron chi connectivity index (χ3n) is 2.71. The Kier molecular flexibility index (Phi) is 3.57. The molecule has 1 aromatic rings. The SMILES string of the molecule is CCOC(=O)c1ccc2c(n1)C(=O)N(CCN)C2. The summed E-state index contributed by atoms with van der Waals surface area (Å²) in [5.41, 5.74) is 6.75. The lowest BCUT2D eigenvalue weighted by Gasteiger charge is -2.12. The molecule has 96 valence electrons. The number of aromatic nitrogens is 1. The monoisotopic (exact) mass is 249 g/mol. The van der Waals surface area contributed by atoms with E-state index in [1.807, 2.05) is 0 Å². The molecule has 1 aliphatic heterocycles. The average Bonchev–Trinajstić information content (AvgIpc) is 2.67. The highest BCUT2D eigenvalue weighted by atomic mass is 16.5. The molecule has 6 nitrogen and oxygen atoms in total. The van der Waals surface area contributed by atoms with Gasteiger partial charge >= 0.3 is 5.97 Å². The zero-order chi connectivity index (χ0) is 13.1. The van der Waals surface area contributed by atoms with Gasteiger partial charge in [-0.2, -0.15) is 0 Å². The third kappa shape index (κ3) is 2.19. The van der Waals surface area contributed by atoms with Gasteiger partial charge in [0.2, 0.25) is 0 Å². The maximum Gasteiger partial charge on any atom is 0.356 e. The van der Waals surface area contributed by atoms with E-state index >= 15 is 0 Å². The number of carbonyl (C=O) groups is 2. The maximum absolute atomic E-state index is 12.0. The van der Waals surface area contributed by atoms with Gasteiger partial charge in [0.25, 0.3) is 5.91 Å². The Balaban J connectivity index is 2.25. The molecule has 0 spiro atoms. The number of pyridine rings is 1. The van der Waals surface area contributed by atoms with E-state index in [0.717, 1.165) is 5.56 Å². The van der Waals surface area contributed by atoms with Gasteiger partial charge in [-0.25, -0.2) is 9.78 Å². The molecule has 0 unspecified atom stereocenters. The van der Waals surface area contributed by atoms with Crippen LogP contribution in [0.4, 0.5) is 0 Å². The lowest BCUT2D eigenvalue weighted by atomic mass is 10.2. The largest absolute Gasteiger partial charge is 0.461 e. The summed E-state index contributed by atoms with van der Waals surface area (Å²) in [4.78, 5) is 29.2. The molecule has 0 saturated heterocycles. The van der Waals surface area contributed by atoms with Gasteiger partial charge in [0.15, 0.2) is 0 Å². The van der Waals surface area contributed by atoms with Crippen molar-refractivity contribution in [3.05, 3.63) is 29.1 Å².